The third-order valence-electron chi connectivity index (χ3n) is 3.91. The minimum absolute atomic E-state index is 0.369. The molecular formula is C17H36O5S-2. The maximum atomic E-state index is 8.70. The van der Waals surface area contributed by atoms with Crippen LogP contribution in [0.25, 0.3) is 0 Å². The lowest BCUT2D eigenvalue weighted by molar-refractivity contribution is 0.281. The van der Waals surface area contributed by atoms with Crippen molar-refractivity contribution in [1.29, 1.82) is 0 Å². The van der Waals surface area contributed by atoms with Crippen LogP contribution in [-0.4, -0.2) is 29.2 Å². The van der Waals surface area contributed by atoms with Gasteiger partial charge in [0, 0.05) is 17.0 Å². The zero-order valence-corrected chi connectivity index (χ0v) is 15.8. The molecule has 1 unspecified atom stereocenters. The quantitative estimate of drug-likeness (QED) is 0.284. The van der Waals surface area contributed by atoms with Crippen LogP contribution < -0.4 is 0 Å². The fourth-order valence-corrected chi connectivity index (χ4v) is 2.55. The van der Waals surface area contributed by atoms with Crippen LogP contribution in [0.3, 0.4) is 0 Å². The lowest BCUT2D eigenvalue weighted by Crippen LogP contribution is -1.95. The summed E-state index contributed by atoms with van der Waals surface area (Å²) in [4.78, 5) is 0. The second-order valence-corrected chi connectivity index (χ2v) is 7.17. The molecule has 142 valence electrons. The first-order chi connectivity index (χ1) is 10.8. The van der Waals surface area contributed by atoms with Crippen molar-refractivity contribution in [2.75, 3.05) is 6.61 Å². The summed E-state index contributed by atoms with van der Waals surface area (Å²) in [5.41, 5.74) is 0. The summed E-state index contributed by atoms with van der Waals surface area (Å²) < 4.78 is 34.1. The van der Waals surface area contributed by atoms with Gasteiger partial charge in [-0.2, -0.15) is 0 Å². The molecule has 6 heteroatoms. The van der Waals surface area contributed by atoms with E-state index >= 15 is 0 Å². The number of aliphatic hydroxyl groups is 1. The van der Waals surface area contributed by atoms with Gasteiger partial charge in [0.15, 0.2) is 0 Å². The summed E-state index contributed by atoms with van der Waals surface area (Å²) in [5, 5.41) is 8.70. The van der Waals surface area contributed by atoms with Gasteiger partial charge in [0.2, 0.25) is 0 Å². The SMILES string of the molecule is CCCCCCCCCC(C)CCCCCCO.O=S(=O)([O-])[O-]. The van der Waals surface area contributed by atoms with Crippen molar-refractivity contribution in [2.45, 2.75) is 97.3 Å². The van der Waals surface area contributed by atoms with Gasteiger partial charge < -0.3 is 14.2 Å². The first-order valence-corrected chi connectivity index (χ1v) is 10.4. The molecule has 0 aromatic rings. The Hall–Kier alpha value is -0.170. The molecule has 0 aromatic carbocycles. The second kappa shape index (κ2) is 18.2. The van der Waals surface area contributed by atoms with E-state index in [2.05, 4.69) is 13.8 Å². The van der Waals surface area contributed by atoms with E-state index in [1.165, 1.54) is 77.0 Å². The van der Waals surface area contributed by atoms with Crippen molar-refractivity contribution in [3.05, 3.63) is 0 Å². The molecule has 0 fully saturated rings. The maximum Gasteiger partial charge on any atom is 0.0431 e. The second-order valence-electron chi connectivity index (χ2n) is 6.35. The first-order valence-electron chi connectivity index (χ1n) is 9.08. The highest BCUT2D eigenvalue weighted by atomic mass is 32.3. The van der Waals surface area contributed by atoms with Crippen molar-refractivity contribution in [2.24, 2.45) is 5.92 Å². The molecule has 23 heavy (non-hydrogen) atoms. The van der Waals surface area contributed by atoms with Gasteiger partial charge in [-0.1, -0.05) is 90.9 Å². The minimum atomic E-state index is -5.17. The van der Waals surface area contributed by atoms with E-state index in [9.17, 15) is 0 Å². The molecule has 0 saturated carbocycles. The zero-order chi connectivity index (χ0) is 18.0. The van der Waals surface area contributed by atoms with E-state index in [0.717, 1.165) is 12.3 Å². The van der Waals surface area contributed by atoms with E-state index in [-0.39, 0.29) is 0 Å². The molecule has 0 radical (unpaired) electrons. The molecule has 0 aliphatic carbocycles. The average molecular weight is 353 g/mol. The van der Waals surface area contributed by atoms with Crippen LogP contribution >= 0.6 is 0 Å². The van der Waals surface area contributed by atoms with Crippen LogP contribution in [0.5, 0.6) is 0 Å². The highest BCUT2D eigenvalue weighted by Crippen LogP contribution is 2.18. The zero-order valence-electron chi connectivity index (χ0n) is 15.0. The van der Waals surface area contributed by atoms with Crippen molar-refractivity contribution >= 4 is 10.4 Å². The normalized spacial score (nSPS) is 12.6. The van der Waals surface area contributed by atoms with Gasteiger partial charge in [0.25, 0.3) is 0 Å². The topological polar surface area (TPSA) is 100 Å². The average Bonchev–Trinajstić information content (AvgIpc) is 2.44. The monoisotopic (exact) mass is 352 g/mol. The standard InChI is InChI=1S/C17H36O.H2O4S/c1-3-4-5-6-7-8-11-14-17(2)15-12-9-10-13-16-18;1-5(2,3)4/h17-18H,3-16H2,1-2H3;(H2,1,2,3,4)/p-2. The fraction of sp³-hybridized carbons (Fsp3) is 1.00. The molecule has 0 bridgehead atoms. The van der Waals surface area contributed by atoms with Crippen LogP contribution in [0.15, 0.2) is 0 Å². The van der Waals surface area contributed by atoms with Crippen molar-refractivity contribution in [1.82, 2.24) is 0 Å². The predicted molar refractivity (Wildman–Crippen MR) is 92.4 cm³/mol. The molecule has 0 rings (SSSR count). The molecule has 1 atom stereocenters. The van der Waals surface area contributed by atoms with Gasteiger partial charge in [-0.3, -0.25) is 8.42 Å². The Morgan fingerprint density at radius 2 is 1.13 bits per heavy atom. The van der Waals surface area contributed by atoms with Gasteiger partial charge in [-0.05, 0) is 12.3 Å². The van der Waals surface area contributed by atoms with Crippen LogP contribution in [0.1, 0.15) is 97.3 Å². The molecule has 0 aromatic heterocycles. The molecule has 0 aliphatic heterocycles. The van der Waals surface area contributed by atoms with Crippen LogP contribution in [-0.2, 0) is 10.4 Å². The van der Waals surface area contributed by atoms with E-state index in [1.54, 1.807) is 0 Å². The third kappa shape index (κ3) is 34.3. The predicted octanol–water partition coefficient (Wildman–Crippen LogP) is 4.37. The van der Waals surface area contributed by atoms with Gasteiger partial charge in [-0.25, -0.2) is 0 Å². The van der Waals surface area contributed by atoms with E-state index < -0.39 is 10.4 Å². The molecule has 0 saturated heterocycles. The van der Waals surface area contributed by atoms with Crippen LogP contribution in [0, 0.1) is 5.92 Å². The Kier molecular flexibility index (Phi) is 19.8. The Labute approximate surface area is 143 Å². The Morgan fingerprint density at radius 1 is 0.783 bits per heavy atom. The highest BCUT2D eigenvalue weighted by molar-refractivity contribution is 7.79. The molecule has 5 nitrogen and oxygen atoms in total. The molecule has 0 spiro atoms. The summed E-state index contributed by atoms with van der Waals surface area (Å²) >= 11 is 0. The Bertz CT molecular complexity index is 309. The van der Waals surface area contributed by atoms with Gasteiger partial charge >= 0.3 is 0 Å². The van der Waals surface area contributed by atoms with Crippen molar-refractivity contribution < 1.29 is 22.6 Å². The van der Waals surface area contributed by atoms with Crippen molar-refractivity contribution in [3.63, 3.8) is 0 Å². The summed E-state index contributed by atoms with van der Waals surface area (Å²) in [6.07, 6.45) is 17.7. The van der Waals surface area contributed by atoms with Gasteiger partial charge in [0.1, 0.15) is 0 Å². The lowest BCUT2D eigenvalue weighted by Gasteiger charge is -2.10. The fourth-order valence-electron chi connectivity index (χ4n) is 2.55. The highest BCUT2D eigenvalue weighted by Gasteiger charge is 2.01. The number of rotatable bonds is 14. The smallest absolute Gasteiger partial charge is 0.0431 e. The van der Waals surface area contributed by atoms with Crippen molar-refractivity contribution in [3.8, 4) is 0 Å². The molecule has 0 aliphatic rings. The number of hydrogen-bond donors (Lipinski definition) is 1. The number of unbranched alkanes of at least 4 members (excludes halogenated alkanes) is 9. The lowest BCUT2D eigenvalue weighted by atomic mass is 9.96. The minimum Gasteiger partial charge on any atom is -0.759 e. The van der Waals surface area contributed by atoms with Crippen LogP contribution in [0.2, 0.25) is 0 Å². The molecule has 0 amide bonds. The maximum absolute atomic E-state index is 8.70. The summed E-state index contributed by atoms with van der Waals surface area (Å²) in [6, 6.07) is 0. The summed E-state index contributed by atoms with van der Waals surface area (Å²) in [6.45, 7) is 5.05. The van der Waals surface area contributed by atoms with E-state index in [4.69, 9.17) is 22.6 Å². The number of aliphatic hydroxyl groups excluding tert-OH is 1. The van der Waals surface area contributed by atoms with Gasteiger partial charge in [-0.15, -0.1) is 0 Å². The summed E-state index contributed by atoms with van der Waals surface area (Å²) in [7, 11) is -5.17. The largest absolute Gasteiger partial charge is 0.759 e. The van der Waals surface area contributed by atoms with E-state index in [1.807, 2.05) is 0 Å². The summed E-state index contributed by atoms with van der Waals surface area (Å²) in [5.74, 6) is 0.912. The van der Waals surface area contributed by atoms with Gasteiger partial charge in [0.05, 0.1) is 0 Å². The third-order valence-corrected chi connectivity index (χ3v) is 3.91. The van der Waals surface area contributed by atoms with Crippen LogP contribution in [0.4, 0.5) is 0 Å². The number of hydrogen-bond acceptors (Lipinski definition) is 5. The molecule has 0 heterocycles. The first kappa shape index (κ1) is 25.1. The van der Waals surface area contributed by atoms with E-state index in [0.29, 0.717) is 6.61 Å². The Morgan fingerprint density at radius 3 is 1.52 bits per heavy atom. The molecule has 1 N–H and O–H groups in total. The Balaban J connectivity index is 0. The molecular weight excluding hydrogens is 316 g/mol.